The molecule has 0 aliphatic heterocycles. The van der Waals surface area contributed by atoms with Crippen molar-refractivity contribution >= 4 is 15.8 Å². The molecule has 0 atom stereocenters. The van der Waals surface area contributed by atoms with Gasteiger partial charge >= 0.3 is 0 Å². The summed E-state index contributed by atoms with van der Waals surface area (Å²) >= 11 is 0. The van der Waals surface area contributed by atoms with Crippen LogP contribution in [-0.2, 0) is 9.84 Å². The highest BCUT2D eigenvalue weighted by atomic mass is 32.2. The van der Waals surface area contributed by atoms with Crippen molar-refractivity contribution in [3.05, 3.63) is 0 Å². The zero-order chi connectivity index (χ0) is 16.8. The Morgan fingerprint density at radius 3 is 2.43 bits per heavy atom. The summed E-state index contributed by atoms with van der Waals surface area (Å²) in [6.45, 7) is 1.63. The van der Waals surface area contributed by atoms with E-state index in [9.17, 15) is 8.42 Å². The minimum atomic E-state index is -2.91. The first-order valence-corrected chi connectivity index (χ1v) is 11.1. The SMILES string of the molecule is CN=C(NCCCCC1CCCC1)NCC1(CS(C)(=O)=O)CC1. The molecule has 0 radical (unpaired) electrons. The fraction of sp³-hybridized carbons (Fsp3) is 0.941. The van der Waals surface area contributed by atoms with E-state index in [-0.39, 0.29) is 11.2 Å². The molecule has 0 aromatic carbocycles. The molecular formula is C17H33N3O2S. The molecule has 0 aromatic heterocycles. The molecule has 0 aromatic rings. The largest absolute Gasteiger partial charge is 0.356 e. The Kier molecular flexibility index (Phi) is 6.74. The van der Waals surface area contributed by atoms with Crippen molar-refractivity contribution in [3.63, 3.8) is 0 Å². The van der Waals surface area contributed by atoms with Gasteiger partial charge in [0.2, 0.25) is 0 Å². The van der Waals surface area contributed by atoms with Crippen LogP contribution in [0.2, 0.25) is 0 Å². The number of aliphatic imine (C=N–C) groups is 1. The van der Waals surface area contributed by atoms with Gasteiger partial charge in [-0.3, -0.25) is 4.99 Å². The Bertz CT molecular complexity index is 492. The van der Waals surface area contributed by atoms with Gasteiger partial charge in [-0.15, -0.1) is 0 Å². The standard InChI is InChI=1S/C17H33N3O2S/c1-18-16(19-12-6-5-9-15-7-3-4-8-15)20-13-17(10-11-17)14-23(2,21)22/h15H,3-14H2,1-2H3,(H2,18,19,20). The molecule has 0 amide bonds. The molecule has 5 nitrogen and oxygen atoms in total. The lowest BCUT2D eigenvalue weighted by molar-refractivity contribution is 0.472. The van der Waals surface area contributed by atoms with Crippen LogP contribution >= 0.6 is 0 Å². The van der Waals surface area contributed by atoms with E-state index in [1.807, 2.05) is 0 Å². The zero-order valence-electron chi connectivity index (χ0n) is 14.7. The Hall–Kier alpha value is -0.780. The van der Waals surface area contributed by atoms with E-state index in [4.69, 9.17) is 0 Å². The number of nitrogens with zero attached hydrogens (tertiary/aromatic N) is 1. The molecule has 0 spiro atoms. The Balaban J connectivity index is 1.58. The van der Waals surface area contributed by atoms with Crippen LogP contribution in [0.15, 0.2) is 4.99 Å². The van der Waals surface area contributed by atoms with Crippen LogP contribution in [0.25, 0.3) is 0 Å². The van der Waals surface area contributed by atoms with Crippen LogP contribution in [0.3, 0.4) is 0 Å². The van der Waals surface area contributed by atoms with Crippen LogP contribution in [0.1, 0.15) is 57.8 Å². The maximum atomic E-state index is 11.5. The third-order valence-corrected chi connectivity index (χ3v) is 6.32. The summed E-state index contributed by atoms with van der Waals surface area (Å²) in [6.07, 6.45) is 12.8. The number of sulfone groups is 1. The summed E-state index contributed by atoms with van der Waals surface area (Å²) < 4.78 is 23.0. The van der Waals surface area contributed by atoms with Crippen molar-refractivity contribution in [2.24, 2.45) is 16.3 Å². The maximum absolute atomic E-state index is 11.5. The first kappa shape index (κ1) is 18.6. The smallest absolute Gasteiger partial charge is 0.190 e. The molecule has 2 fully saturated rings. The fourth-order valence-electron chi connectivity index (χ4n) is 3.66. The number of unbranched alkanes of at least 4 members (excludes halogenated alkanes) is 1. The second-order valence-electron chi connectivity index (χ2n) is 7.57. The van der Waals surface area contributed by atoms with Gasteiger partial charge in [-0.05, 0) is 25.2 Å². The molecule has 6 heteroatoms. The van der Waals surface area contributed by atoms with Crippen molar-refractivity contribution in [2.45, 2.75) is 57.8 Å². The summed E-state index contributed by atoms with van der Waals surface area (Å²) in [5, 5.41) is 6.65. The molecule has 0 heterocycles. The molecule has 2 saturated carbocycles. The number of hydrogen-bond donors (Lipinski definition) is 2. The van der Waals surface area contributed by atoms with E-state index >= 15 is 0 Å². The van der Waals surface area contributed by atoms with E-state index in [0.29, 0.717) is 6.54 Å². The van der Waals surface area contributed by atoms with Crippen molar-refractivity contribution < 1.29 is 8.42 Å². The first-order valence-electron chi connectivity index (χ1n) is 9.05. The third kappa shape index (κ3) is 7.10. The third-order valence-electron chi connectivity index (χ3n) is 5.19. The Morgan fingerprint density at radius 1 is 1.17 bits per heavy atom. The van der Waals surface area contributed by atoms with Crippen molar-refractivity contribution in [1.82, 2.24) is 10.6 Å². The van der Waals surface area contributed by atoms with Gasteiger partial charge in [0, 0.05) is 31.8 Å². The van der Waals surface area contributed by atoms with Gasteiger partial charge in [0.15, 0.2) is 5.96 Å². The number of nitrogens with one attached hydrogen (secondary N) is 2. The molecule has 23 heavy (non-hydrogen) atoms. The second kappa shape index (κ2) is 8.36. The van der Waals surface area contributed by atoms with Gasteiger partial charge in [0.05, 0.1) is 5.75 Å². The van der Waals surface area contributed by atoms with Gasteiger partial charge < -0.3 is 10.6 Å². The molecule has 134 valence electrons. The number of rotatable bonds is 9. The summed E-state index contributed by atoms with van der Waals surface area (Å²) in [5.41, 5.74) is -0.0618. The highest BCUT2D eigenvalue weighted by molar-refractivity contribution is 7.90. The molecule has 2 rings (SSSR count). The normalized spacial score (nSPS) is 21.4. The van der Waals surface area contributed by atoms with E-state index in [2.05, 4.69) is 15.6 Å². The molecule has 2 aliphatic carbocycles. The van der Waals surface area contributed by atoms with Crippen molar-refractivity contribution in [1.29, 1.82) is 0 Å². The Labute approximate surface area is 141 Å². The molecule has 2 aliphatic rings. The predicted molar refractivity (Wildman–Crippen MR) is 96.6 cm³/mol. The van der Waals surface area contributed by atoms with Gasteiger partial charge in [-0.2, -0.15) is 0 Å². The monoisotopic (exact) mass is 343 g/mol. The fourth-order valence-corrected chi connectivity index (χ4v) is 5.16. The maximum Gasteiger partial charge on any atom is 0.190 e. The lowest BCUT2D eigenvalue weighted by Gasteiger charge is -2.18. The predicted octanol–water partition coefficient (Wildman–Crippen LogP) is 2.34. The lowest BCUT2D eigenvalue weighted by Crippen LogP contribution is -2.41. The van der Waals surface area contributed by atoms with Crippen molar-refractivity contribution in [3.8, 4) is 0 Å². The van der Waals surface area contributed by atoms with Crippen LogP contribution in [-0.4, -0.2) is 46.5 Å². The average molecular weight is 344 g/mol. The highest BCUT2D eigenvalue weighted by Crippen LogP contribution is 2.45. The zero-order valence-corrected chi connectivity index (χ0v) is 15.6. The highest BCUT2D eigenvalue weighted by Gasteiger charge is 2.45. The Morgan fingerprint density at radius 2 is 1.87 bits per heavy atom. The van der Waals surface area contributed by atoms with E-state index in [1.165, 1.54) is 51.2 Å². The minimum absolute atomic E-state index is 0.0618. The molecule has 0 bridgehead atoms. The van der Waals surface area contributed by atoms with Gasteiger partial charge in [-0.25, -0.2) is 8.42 Å². The topological polar surface area (TPSA) is 70.6 Å². The quantitative estimate of drug-likeness (QED) is 0.383. The number of hydrogen-bond acceptors (Lipinski definition) is 3. The van der Waals surface area contributed by atoms with Crippen LogP contribution < -0.4 is 10.6 Å². The summed E-state index contributed by atoms with van der Waals surface area (Å²) in [7, 11) is -1.14. The molecule has 2 N–H and O–H groups in total. The summed E-state index contributed by atoms with van der Waals surface area (Å²) in [4.78, 5) is 4.24. The number of guanidine groups is 1. The molecular weight excluding hydrogens is 310 g/mol. The van der Waals surface area contributed by atoms with E-state index < -0.39 is 9.84 Å². The van der Waals surface area contributed by atoms with Crippen molar-refractivity contribution in [2.75, 3.05) is 32.1 Å². The first-order chi connectivity index (χ1) is 10.9. The van der Waals surface area contributed by atoms with Crippen LogP contribution in [0, 0.1) is 11.3 Å². The molecule has 0 unspecified atom stereocenters. The van der Waals surface area contributed by atoms with E-state index in [1.54, 1.807) is 7.05 Å². The average Bonchev–Trinajstić information content (AvgIpc) is 3.02. The van der Waals surface area contributed by atoms with Crippen LogP contribution in [0.5, 0.6) is 0 Å². The molecule has 0 saturated heterocycles. The van der Waals surface area contributed by atoms with Gasteiger partial charge in [-0.1, -0.05) is 38.5 Å². The minimum Gasteiger partial charge on any atom is -0.356 e. The van der Waals surface area contributed by atoms with Crippen LogP contribution in [0.4, 0.5) is 0 Å². The summed E-state index contributed by atoms with van der Waals surface area (Å²) in [6, 6.07) is 0. The van der Waals surface area contributed by atoms with E-state index in [0.717, 1.165) is 31.3 Å². The lowest BCUT2D eigenvalue weighted by atomic mass is 10.0. The van der Waals surface area contributed by atoms with Gasteiger partial charge in [0.1, 0.15) is 9.84 Å². The van der Waals surface area contributed by atoms with Gasteiger partial charge in [0.25, 0.3) is 0 Å². The second-order valence-corrected chi connectivity index (χ2v) is 9.71. The summed E-state index contributed by atoms with van der Waals surface area (Å²) in [5.74, 6) is 2.05.